The average molecular weight is 208 g/mol. The molecule has 0 bridgehead atoms. The van der Waals surface area contributed by atoms with Gasteiger partial charge in [0.2, 0.25) is 0 Å². The largest absolute Gasteiger partial charge is 0.475 e. The molecule has 0 unspecified atom stereocenters. The minimum absolute atomic E-state index is 0.215. The van der Waals surface area contributed by atoms with Gasteiger partial charge in [0, 0.05) is 6.04 Å². The summed E-state index contributed by atoms with van der Waals surface area (Å²) in [6.45, 7) is 3.94. The SMILES string of the molecule is CC(C)n1cncc1/C=C/C(=O)C(=O)O. The Morgan fingerprint density at radius 2 is 2.20 bits per heavy atom. The van der Waals surface area contributed by atoms with Crippen LogP contribution in [0.5, 0.6) is 0 Å². The van der Waals surface area contributed by atoms with E-state index in [2.05, 4.69) is 4.98 Å². The summed E-state index contributed by atoms with van der Waals surface area (Å²) in [4.78, 5) is 25.0. The number of ketones is 1. The summed E-state index contributed by atoms with van der Waals surface area (Å²) in [5.41, 5.74) is 0.708. The van der Waals surface area contributed by atoms with Gasteiger partial charge in [0.15, 0.2) is 0 Å². The second-order valence-electron chi connectivity index (χ2n) is 3.32. The van der Waals surface area contributed by atoms with E-state index in [4.69, 9.17) is 5.11 Å². The van der Waals surface area contributed by atoms with Crippen LogP contribution in [-0.2, 0) is 9.59 Å². The van der Waals surface area contributed by atoms with Crippen LogP contribution >= 0.6 is 0 Å². The van der Waals surface area contributed by atoms with Crippen molar-refractivity contribution in [1.29, 1.82) is 0 Å². The molecule has 0 saturated heterocycles. The first kappa shape index (κ1) is 11.2. The highest BCUT2D eigenvalue weighted by molar-refractivity contribution is 6.38. The highest BCUT2D eigenvalue weighted by Crippen LogP contribution is 2.10. The molecule has 5 nitrogen and oxygen atoms in total. The van der Waals surface area contributed by atoms with Crippen LogP contribution in [0.1, 0.15) is 25.6 Å². The monoisotopic (exact) mass is 208 g/mol. The lowest BCUT2D eigenvalue weighted by atomic mass is 10.3. The molecule has 0 aromatic carbocycles. The Labute approximate surface area is 87.1 Å². The molecule has 80 valence electrons. The van der Waals surface area contributed by atoms with Gasteiger partial charge in [-0.25, -0.2) is 9.78 Å². The lowest BCUT2D eigenvalue weighted by molar-refractivity contribution is -0.146. The molecule has 0 atom stereocenters. The smallest absolute Gasteiger partial charge is 0.376 e. The van der Waals surface area contributed by atoms with Gasteiger partial charge in [-0.05, 0) is 26.0 Å². The molecule has 0 aliphatic carbocycles. The Morgan fingerprint density at radius 1 is 1.53 bits per heavy atom. The van der Waals surface area contributed by atoms with Crippen molar-refractivity contribution in [1.82, 2.24) is 9.55 Å². The van der Waals surface area contributed by atoms with Gasteiger partial charge in [-0.2, -0.15) is 0 Å². The van der Waals surface area contributed by atoms with Crippen molar-refractivity contribution in [3.63, 3.8) is 0 Å². The maximum absolute atomic E-state index is 10.8. The van der Waals surface area contributed by atoms with Gasteiger partial charge in [0.25, 0.3) is 5.78 Å². The number of hydrogen-bond acceptors (Lipinski definition) is 3. The van der Waals surface area contributed by atoms with Gasteiger partial charge in [-0.3, -0.25) is 4.79 Å². The zero-order valence-electron chi connectivity index (χ0n) is 8.54. The van der Waals surface area contributed by atoms with E-state index in [9.17, 15) is 9.59 Å². The van der Waals surface area contributed by atoms with Crippen LogP contribution in [-0.4, -0.2) is 26.4 Å². The summed E-state index contributed by atoms with van der Waals surface area (Å²) in [7, 11) is 0. The lowest BCUT2D eigenvalue weighted by Crippen LogP contribution is -2.08. The number of carbonyl (C=O) groups is 2. The van der Waals surface area contributed by atoms with Crippen LogP contribution in [0.4, 0.5) is 0 Å². The number of aromatic nitrogens is 2. The van der Waals surface area contributed by atoms with Crippen molar-refractivity contribution in [2.24, 2.45) is 0 Å². The molecule has 0 fully saturated rings. The number of carboxylic acid groups (broad SMARTS) is 1. The molecule has 5 heteroatoms. The molecule has 0 spiro atoms. The molecule has 1 rings (SSSR count). The first-order chi connectivity index (χ1) is 7.02. The molecular formula is C10H12N2O3. The Hall–Kier alpha value is -1.91. The molecule has 1 heterocycles. The van der Waals surface area contributed by atoms with E-state index in [1.807, 2.05) is 18.4 Å². The normalized spacial score (nSPS) is 11.1. The summed E-state index contributed by atoms with van der Waals surface area (Å²) in [6, 6.07) is 0.215. The Balaban J connectivity index is 2.85. The quantitative estimate of drug-likeness (QED) is 0.594. The van der Waals surface area contributed by atoms with Crippen LogP contribution in [0.25, 0.3) is 6.08 Å². The van der Waals surface area contributed by atoms with E-state index in [-0.39, 0.29) is 6.04 Å². The first-order valence-electron chi connectivity index (χ1n) is 4.49. The number of rotatable bonds is 4. The van der Waals surface area contributed by atoms with Gasteiger partial charge in [0.05, 0.1) is 18.2 Å². The van der Waals surface area contributed by atoms with Crippen LogP contribution in [0.2, 0.25) is 0 Å². The number of carbonyl (C=O) groups excluding carboxylic acids is 1. The van der Waals surface area contributed by atoms with Crippen molar-refractivity contribution >= 4 is 17.8 Å². The van der Waals surface area contributed by atoms with Gasteiger partial charge < -0.3 is 9.67 Å². The fourth-order valence-electron chi connectivity index (χ4n) is 1.11. The fraction of sp³-hybridized carbons (Fsp3) is 0.300. The highest BCUT2D eigenvalue weighted by Gasteiger charge is 2.07. The number of carboxylic acids is 1. The average Bonchev–Trinajstić information content (AvgIpc) is 2.61. The molecule has 0 amide bonds. The van der Waals surface area contributed by atoms with Crippen molar-refractivity contribution in [3.8, 4) is 0 Å². The minimum Gasteiger partial charge on any atom is -0.475 e. The summed E-state index contributed by atoms with van der Waals surface area (Å²) < 4.78 is 1.84. The van der Waals surface area contributed by atoms with Crippen LogP contribution < -0.4 is 0 Å². The van der Waals surface area contributed by atoms with E-state index in [1.165, 1.54) is 6.08 Å². The van der Waals surface area contributed by atoms with E-state index >= 15 is 0 Å². The summed E-state index contributed by atoms with van der Waals surface area (Å²) in [5.74, 6) is -2.40. The molecule has 1 aromatic rings. The molecule has 0 saturated carbocycles. The Morgan fingerprint density at radius 3 is 2.73 bits per heavy atom. The van der Waals surface area contributed by atoms with Gasteiger partial charge in [-0.15, -0.1) is 0 Å². The standard InChI is InChI=1S/C10H12N2O3/c1-7(2)12-6-11-5-8(12)3-4-9(13)10(14)15/h3-7H,1-2H3,(H,14,15)/b4-3+. The predicted molar refractivity (Wildman–Crippen MR) is 54.3 cm³/mol. The van der Waals surface area contributed by atoms with Crippen molar-refractivity contribution in [3.05, 3.63) is 24.3 Å². The van der Waals surface area contributed by atoms with Crippen molar-refractivity contribution < 1.29 is 14.7 Å². The minimum atomic E-state index is -1.46. The molecule has 1 N–H and O–H groups in total. The Kier molecular flexibility index (Phi) is 3.38. The lowest BCUT2D eigenvalue weighted by Gasteiger charge is -2.08. The molecule has 1 aromatic heterocycles. The van der Waals surface area contributed by atoms with Crippen LogP contribution in [0.15, 0.2) is 18.6 Å². The zero-order valence-corrected chi connectivity index (χ0v) is 8.54. The first-order valence-corrected chi connectivity index (χ1v) is 4.49. The van der Waals surface area contributed by atoms with Gasteiger partial charge >= 0.3 is 5.97 Å². The molecular weight excluding hydrogens is 196 g/mol. The number of imidazole rings is 1. The highest BCUT2D eigenvalue weighted by atomic mass is 16.4. The fourth-order valence-corrected chi connectivity index (χ4v) is 1.11. The third-order valence-electron chi connectivity index (χ3n) is 1.87. The third kappa shape index (κ3) is 2.77. The number of aliphatic carboxylic acids is 1. The number of nitrogens with zero attached hydrogens (tertiary/aromatic N) is 2. The van der Waals surface area contributed by atoms with Crippen molar-refractivity contribution in [2.45, 2.75) is 19.9 Å². The van der Waals surface area contributed by atoms with E-state index in [0.29, 0.717) is 5.69 Å². The third-order valence-corrected chi connectivity index (χ3v) is 1.87. The predicted octanol–water partition coefficient (Wildman–Crippen LogP) is 1.13. The van der Waals surface area contributed by atoms with Crippen LogP contribution in [0, 0.1) is 0 Å². The van der Waals surface area contributed by atoms with E-state index in [1.54, 1.807) is 12.5 Å². The van der Waals surface area contributed by atoms with Gasteiger partial charge in [-0.1, -0.05) is 0 Å². The van der Waals surface area contributed by atoms with E-state index in [0.717, 1.165) is 6.08 Å². The van der Waals surface area contributed by atoms with Crippen molar-refractivity contribution in [2.75, 3.05) is 0 Å². The van der Waals surface area contributed by atoms with Gasteiger partial charge in [0.1, 0.15) is 0 Å². The topological polar surface area (TPSA) is 72.2 Å². The second kappa shape index (κ2) is 4.54. The van der Waals surface area contributed by atoms with Crippen LogP contribution in [0.3, 0.4) is 0 Å². The summed E-state index contributed by atoms with van der Waals surface area (Å²) in [6.07, 6.45) is 5.68. The Bertz CT molecular complexity index is 405. The zero-order chi connectivity index (χ0) is 11.4. The molecule has 15 heavy (non-hydrogen) atoms. The maximum Gasteiger partial charge on any atom is 0.376 e. The molecule has 0 aliphatic heterocycles. The summed E-state index contributed by atoms with van der Waals surface area (Å²) in [5, 5.41) is 8.37. The number of hydrogen-bond donors (Lipinski definition) is 1. The second-order valence-corrected chi connectivity index (χ2v) is 3.32. The van der Waals surface area contributed by atoms with E-state index < -0.39 is 11.8 Å². The summed E-state index contributed by atoms with van der Waals surface area (Å²) >= 11 is 0. The maximum atomic E-state index is 10.8. The molecule has 0 radical (unpaired) electrons. The molecule has 0 aliphatic rings.